The fraction of sp³-hybridized carbons (Fsp3) is 0.231. The molecular formula is C13H14ClNO3. The average Bonchev–Trinajstić information content (AvgIpc) is 2.39. The molecule has 5 heteroatoms. The molecule has 0 radical (unpaired) electrons. The van der Waals surface area contributed by atoms with Crippen LogP contribution in [0.4, 0.5) is 0 Å². The zero-order chi connectivity index (χ0) is 13.2. The topological polar surface area (TPSA) is 47.9 Å². The molecule has 18 heavy (non-hydrogen) atoms. The standard InChI is InChI=1S/C13H14ClNO3/c1-2-17-12-6-3-11(4-7-12)5-8-13(16)18-15-10-9-14/h3-8,10H,2,9H2,1H3/b8-5+,15-10+. The number of nitrogens with zero attached hydrogens (tertiary/aromatic N) is 1. The van der Waals surface area contributed by atoms with Gasteiger partial charge in [0.1, 0.15) is 5.75 Å². The lowest BCUT2D eigenvalue weighted by molar-refractivity contribution is -0.137. The van der Waals surface area contributed by atoms with Crippen molar-refractivity contribution in [2.24, 2.45) is 5.16 Å². The van der Waals surface area contributed by atoms with Crippen LogP contribution in [0.3, 0.4) is 0 Å². The van der Waals surface area contributed by atoms with Crippen molar-refractivity contribution in [1.29, 1.82) is 0 Å². The molecule has 0 aromatic heterocycles. The first kappa shape index (κ1) is 14.3. The molecule has 0 spiro atoms. The van der Waals surface area contributed by atoms with Gasteiger partial charge in [-0.2, -0.15) is 0 Å². The van der Waals surface area contributed by atoms with Crippen molar-refractivity contribution in [1.82, 2.24) is 0 Å². The smallest absolute Gasteiger partial charge is 0.358 e. The Morgan fingerprint density at radius 1 is 1.39 bits per heavy atom. The van der Waals surface area contributed by atoms with E-state index in [0.717, 1.165) is 11.3 Å². The molecule has 96 valence electrons. The van der Waals surface area contributed by atoms with Crippen molar-refractivity contribution < 1.29 is 14.4 Å². The Kier molecular flexibility index (Phi) is 6.58. The van der Waals surface area contributed by atoms with Crippen molar-refractivity contribution in [2.75, 3.05) is 12.5 Å². The number of carbonyl (C=O) groups excluding carboxylic acids is 1. The maximum Gasteiger partial charge on any atom is 0.358 e. The highest BCUT2D eigenvalue weighted by molar-refractivity contribution is 6.24. The number of rotatable bonds is 6. The van der Waals surface area contributed by atoms with Gasteiger partial charge in [0, 0.05) is 6.08 Å². The minimum Gasteiger partial charge on any atom is -0.494 e. The Bertz CT molecular complexity index is 426. The lowest BCUT2D eigenvalue weighted by Crippen LogP contribution is -1.94. The van der Waals surface area contributed by atoms with E-state index in [1.807, 2.05) is 31.2 Å². The largest absolute Gasteiger partial charge is 0.494 e. The Labute approximate surface area is 111 Å². The Hall–Kier alpha value is -1.81. The first-order valence-electron chi connectivity index (χ1n) is 5.46. The molecule has 0 aliphatic carbocycles. The van der Waals surface area contributed by atoms with Gasteiger partial charge >= 0.3 is 5.97 Å². The van der Waals surface area contributed by atoms with E-state index >= 15 is 0 Å². The van der Waals surface area contributed by atoms with E-state index in [1.54, 1.807) is 6.08 Å². The van der Waals surface area contributed by atoms with Crippen LogP contribution in [0.15, 0.2) is 35.5 Å². The maximum absolute atomic E-state index is 11.2. The van der Waals surface area contributed by atoms with Gasteiger partial charge < -0.3 is 9.57 Å². The van der Waals surface area contributed by atoms with Gasteiger partial charge in [-0.1, -0.05) is 17.3 Å². The molecule has 0 aliphatic heterocycles. The molecule has 1 aromatic carbocycles. The SMILES string of the molecule is CCOc1ccc(/C=C/C(=O)O/N=C/CCl)cc1. The van der Waals surface area contributed by atoms with Gasteiger partial charge in [-0.3, -0.25) is 0 Å². The van der Waals surface area contributed by atoms with Crippen molar-refractivity contribution in [3.05, 3.63) is 35.9 Å². The number of halogens is 1. The summed E-state index contributed by atoms with van der Waals surface area (Å²) in [5.41, 5.74) is 0.872. The van der Waals surface area contributed by atoms with E-state index in [-0.39, 0.29) is 5.88 Å². The lowest BCUT2D eigenvalue weighted by Gasteiger charge is -2.01. The summed E-state index contributed by atoms with van der Waals surface area (Å²) in [6.07, 6.45) is 4.22. The summed E-state index contributed by atoms with van der Waals surface area (Å²) < 4.78 is 5.30. The summed E-state index contributed by atoms with van der Waals surface area (Å²) >= 11 is 5.33. The number of benzene rings is 1. The molecule has 0 heterocycles. The van der Waals surface area contributed by atoms with E-state index in [4.69, 9.17) is 16.3 Å². The molecule has 0 saturated carbocycles. The molecule has 1 rings (SSSR count). The summed E-state index contributed by atoms with van der Waals surface area (Å²) in [5, 5.41) is 3.36. The summed E-state index contributed by atoms with van der Waals surface area (Å²) in [6, 6.07) is 7.36. The van der Waals surface area contributed by atoms with Crippen LogP contribution < -0.4 is 4.74 Å². The van der Waals surface area contributed by atoms with Crippen molar-refractivity contribution in [3.8, 4) is 5.75 Å². The van der Waals surface area contributed by atoms with Gasteiger partial charge in [-0.05, 0) is 30.7 Å². The molecule has 0 N–H and O–H groups in total. The fourth-order valence-corrected chi connectivity index (χ4v) is 1.21. The number of alkyl halides is 1. The fourth-order valence-electron chi connectivity index (χ4n) is 1.15. The second kappa shape index (κ2) is 8.31. The minimum atomic E-state index is -0.551. The highest BCUT2D eigenvalue weighted by Crippen LogP contribution is 2.12. The van der Waals surface area contributed by atoms with Crippen molar-refractivity contribution in [3.63, 3.8) is 0 Å². The van der Waals surface area contributed by atoms with Crippen LogP contribution in [0.2, 0.25) is 0 Å². The predicted molar refractivity (Wildman–Crippen MR) is 71.9 cm³/mol. The van der Waals surface area contributed by atoms with E-state index < -0.39 is 5.97 Å². The molecular weight excluding hydrogens is 254 g/mol. The molecule has 1 aromatic rings. The average molecular weight is 268 g/mol. The highest BCUT2D eigenvalue weighted by atomic mass is 35.5. The number of ether oxygens (including phenoxy) is 1. The Balaban J connectivity index is 2.50. The summed E-state index contributed by atoms with van der Waals surface area (Å²) in [6.45, 7) is 2.55. The molecule has 0 unspecified atom stereocenters. The van der Waals surface area contributed by atoms with Gasteiger partial charge in [-0.15, -0.1) is 11.6 Å². The van der Waals surface area contributed by atoms with Gasteiger partial charge in [-0.25, -0.2) is 4.79 Å². The summed E-state index contributed by atoms with van der Waals surface area (Å²) in [4.78, 5) is 15.7. The zero-order valence-corrected chi connectivity index (χ0v) is 10.8. The molecule has 0 fully saturated rings. The third-order valence-electron chi connectivity index (χ3n) is 1.89. The van der Waals surface area contributed by atoms with Gasteiger partial charge in [0.25, 0.3) is 0 Å². The molecule has 0 atom stereocenters. The molecule has 0 saturated heterocycles. The monoisotopic (exact) mass is 267 g/mol. The van der Waals surface area contributed by atoms with Gasteiger partial charge in [0.2, 0.25) is 0 Å². The number of hydrogen-bond acceptors (Lipinski definition) is 4. The molecule has 0 amide bonds. The molecule has 4 nitrogen and oxygen atoms in total. The maximum atomic E-state index is 11.2. The van der Waals surface area contributed by atoms with E-state index in [1.165, 1.54) is 12.3 Å². The molecule has 0 aliphatic rings. The number of carbonyl (C=O) groups is 1. The first-order chi connectivity index (χ1) is 8.76. The van der Waals surface area contributed by atoms with Crippen molar-refractivity contribution in [2.45, 2.75) is 6.92 Å². The van der Waals surface area contributed by atoms with E-state index in [2.05, 4.69) is 9.99 Å². The minimum absolute atomic E-state index is 0.204. The first-order valence-corrected chi connectivity index (χ1v) is 5.99. The van der Waals surface area contributed by atoms with Crippen LogP contribution in [0.5, 0.6) is 5.75 Å². The zero-order valence-electron chi connectivity index (χ0n) is 10.0. The summed E-state index contributed by atoms with van der Waals surface area (Å²) in [7, 11) is 0. The van der Waals surface area contributed by atoms with Crippen LogP contribution in [-0.4, -0.2) is 24.7 Å². The second-order valence-electron chi connectivity index (χ2n) is 3.19. The Morgan fingerprint density at radius 2 is 2.11 bits per heavy atom. The third kappa shape index (κ3) is 5.50. The second-order valence-corrected chi connectivity index (χ2v) is 3.50. The molecule has 0 bridgehead atoms. The quantitative estimate of drug-likeness (QED) is 0.262. The lowest BCUT2D eigenvalue weighted by atomic mass is 10.2. The van der Waals surface area contributed by atoms with Gasteiger partial charge in [0.15, 0.2) is 0 Å². The highest BCUT2D eigenvalue weighted by Gasteiger charge is 1.95. The van der Waals surface area contributed by atoms with Crippen LogP contribution in [0, 0.1) is 0 Å². The number of hydrogen-bond donors (Lipinski definition) is 0. The summed E-state index contributed by atoms with van der Waals surface area (Å²) in [5.74, 6) is 0.449. The Morgan fingerprint density at radius 3 is 2.72 bits per heavy atom. The van der Waals surface area contributed by atoms with Crippen LogP contribution in [-0.2, 0) is 9.63 Å². The normalized spacial score (nSPS) is 11.0. The predicted octanol–water partition coefficient (Wildman–Crippen LogP) is 2.87. The number of oxime groups is 1. The van der Waals surface area contributed by atoms with Crippen LogP contribution in [0.1, 0.15) is 12.5 Å². The van der Waals surface area contributed by atoms with Crippen LogP contribution in [0.25, 0.3) is 6.08 Å². The van der Waals surface area contributed by atoms with Crippen molar-refractivity contribution >= 4 is 29.9 Å². The van der Waals surface area contributed by atoms with Crippen LogP contribution >= 0.6 is 11.6 Å². The van der Waals surface area contributed by atoms with E-state index in [9.17, 15) is 4.79 Å². The third-order valence-corrected chi connectivity index (χ3v) is 2.03. The van der Waals surface area contributed by atoms with Gasteiger partial charge in [0.05, 0.1) is 18.7 Å². The van der Waals surface area contributed by atoms with E-state index in [0.29, 0.717) is 6.61 Å².